The molecule has 0 atom stereocenters. The minimum Gasteiger partial charge on any atom is -0.339 e. The lowest BCUT2D eigenvalue weighted by Crippen LogP contribution is -2.41. The van der Waals surface area contributed by atoms with Gasteiger partial charge < -0.3 is 10.2 Å². The summed E-state index contributed by atoms with van der Waals surface area (Å²) in [6.45, 7) is 6.02. The van der Waals surface area contributed by atoms with E-state index < -0.39 is 10.0 Å². The molecule has 0 spiro atoms. The number of nitrogens with one attached hydrogen (secondary N) is 1. The number of sulfonamides is 1. The molecule has 184 valence electrons. The van der Waals surface area contributed by atoms with Crippen LogP contribution in [0.15, 0.2) is 33.9 Å². The van der Waals surface area contributed by atoms with Crippen LogP contribution < -0.4 is 5.32 Å². The number of likely N-dealkylation sites (tertiary alicyclic amines) is 1. The van der Waals surface area contributed by atoms with Crippen LogP contribution in [0.3, 0.4) is 0 Å². The first-order valence-corrected chi connectivity index (χ1v) is 14.3. The lowest BCUT2D eigenvalue weighted by atomic mass is 9.97. The smallest absolute Gasteiger partial charge is 0.254 e. The first-order valence-electron chi connectivity index (χ1n) is 12.0. The van der Waals surface area contributed by atoms with Crippen molar-refractivity contribution >= 4 is 38.9 Å². The standard InChI is InChI=1S/C25H33N3O4S2/c1-18-13-19(2)15-22(14-18)26-24(29)20-7-11-28(12-8-20)34(31,32)23-16-21(17-33-23)25(30)27-9-5-3-4-6-10-27/h13-17,20H,3-12H2,1-2H3,(H,26,29). The number of piperidine rings is 1. The quantitative estimate of drug-likeness (QED) is 0.654. The summed E-state index contributed by atoms with van der Waals surface area (Å²) in [6, 6.07) is 7.44. The summed E-state index contributed by atoms with van der Waals surface area (Å²) >= 11 is 1.10. The van der Waals surface area contributed by atoms with Crippen LogP contribution in [-0.4, -0.2) is 55.6 Å². The van der Waals surface area contributed by atoms with E-state index in [1.54, 1.807) is 5.38 Å². The number of anilines is 1. The SMILES string of the molecule is Cc1cc(C)cc(NC(=O)C2CCN(S(=O)(=O)c3cc(C(=O)N4CCCCCC4)cs3)CC2)c1. The molecule has 1 aromatic carbocycles. The highest BCUT2D eigenvalue weighted by molar-refractivity contribution is 7.91. The van der Waals surface area contributed by atoms with Gasteiger partial charge in [0, 0.05) is 43.2 Å². The molecule has 34 heavy (non-hydrogen) atoms. The molecule has 2 aliphatic heterocycles. The first-order chi connectivity index (χ1) is 16.2. The van der Waals surface area contributed by atoms with Crippen LogP contribution in [0.2, 0.25) is 0 Å². The molecule has 2 amide bonds. The molecule has 0 bridgehead atoms. The van der Waals surface area contributed by atoms with E-state index in [4.69, 9.17) is 0 Å². The van der Waals surface area contributed by atoms with Gasteiger partial charge in [-0.25, -0.2) is 8.42 Å². The Bertz CT molecular complexity index is 1120. The van der Waals surface area contributed by atoms with Crippen LogP contribution >= 0.6 is 11.3 Å². The summed E-state index contributed by atoms with van der Waals surface area (Å²) in [4.78, 5) is 27.4. The summed E-state index contributed by atoms with van der Waals surface area (Å²) in [6.07, 6.45) is 5.19. The fourth-order valence-corrected chi connectivity index (χ4v) is 7.57. The number of carbonyl (C=O) groups excluding carboxylic acids is 2. The maximum absolute atomic E-state index is 13.2. The van der Waals surface area contributed by atoms with E-state index in [-0.39, 0.29) is 21.9 Å². The minimum atomic E-state index is -3.68. The number of nitrogens with zero attached hydrogens (tertiary/aromatic N) is 2. The van der Waals surface area contributed by atoms with E-state index in [9.17, 15) is 18.0 Å². The minimum absolute atomic E-state index is 0.0662. The molecule has 0 aliphatic carbocycles. The molecule has 2 saturated heterocycles. The van der Waals surface area contributed by atoms with Gasteiger partial charge in [0.1, 0.15) is 4.21 Å². The Hall–Kier alpha value is -2.23. The number of amides is 2. The van der Waals surface area contributed by atoms with Gasteiger partial charge in [-0.1, -0.05) is 18.9 Å². The molecule has 3 heterocycles. The van der Waals surface area contributed by atoms with Gasteiger partial charge in [0.15, 0.2) is 0 Å². The lowest BCUT2D eigenvalue weighted by Gasteiger charge is -2.30. The Balaban J connectivity index is 1.36. The molecular formula is C25H33N3O4S2. The second-order valence-corrected chi connectivity index (χ2v) is 12.5. The highest BCUT2D eigenvalue weighted by Crippen LogP contribution is 2.29. The topological polar surface area (TPSA) is 86.8 Å². The zero-order valence-electron chi connectivity index (χ0n) is 19.9. The zero-order valence-corrected chi connectivity index (χ0v) is 21.5. The Morgan fingerprint density at radius 3 is 2.15 bits per heavy atom. The Morgan fingerprint density at radius 2 is 1.53 bits per heavy atom. The molecule has 9 heteroatoms. The van der Waals surface area contributed by atoms with E-state index in [2.05, 4.69) is 11.4 Å². The van der Waals surface area contributed by atoms with Gasteiger partial charge in [-0.05, 0) is 68.9 Å². The van der Waals surface area contributed by atoms with Crippen molar-refractivity contribution in [2.45, 2.75) is 56.6 Å². The number of rotatable bonds is 5. The second-order valence-electron chi connectivity index (χ2n) is 9.40. The Labute approximate surface area is 206 Å². The molecule has 1 aromatic heterocycles. The van der Waals surface area contributed by atoms with Gasteiger partial charge in [-0.15, -0.1) is 11.3 Å². The van der Waals surface area contributed by atoms with Crippen LogP contribution in [-0.2, 0) is 14.8 Å². The van der Waals surface area contributed by atoms with Crippen molar-refractivity contribution in [2.75, 3.05) is 31.5 Å². The third-order valence-corrected chi connectivity index (χ3v) is 9.94. The van der Waals surface area contributed by atoms with Crippen LogP contribution in [0.5, 0.6) is 0 Å². The number of hydrogen-bond donors (Lipinski definition) is 1. The van der Waals surface area contributed by atoms with E-state index in [0.717, 1.165) is 66.9 Å². The summed E-state index contributed by atoms with van der Waals surface area (Å²) in [5, 5.41) is 4.64. The fourth-order valence-electron chi connectivity index (χ4n) is 4.80. The van der Waals surface area contributed by atoms with E-state index in [0.29, 0.717) is 31.5 Å². The van der Waals surface area contributed by atoms with Crippen LogP contribution in [0.1, 0.15) is 60.0 Å². The molecule has 0 radical (unpaired) electrons. The van der Waals surface area contributed by atoms with Crippen LogP contribution in [0.25, 0.3) is 0 Å². The monoisotopic (exact) mass is 503 g/mol. The van der Waals surface area contributed by atoms with Crippen molar-refractivity contribution in [1.82, 2.24) is 9.21 Å². The summed E-state index contributed by atoms with van der Waals surface area (Å²) < 4.78 is 28.1. The maximum atomic E-state index is 13.2. The third-order valence-electron chi connectivity index (χ3n) is 6.62. The highest BCUT2D eigenvalue weighted by Gasteiger charge is 2.33. The van der Waals surface area contributed by atoms with Crippen molar-refractivity contribution in [3.8, 4) is 0 Å². The average molecular weight is 504 g/mol. The van der Waals surface area contributed by atoms with Crippen LogP contribution in [0.4, 0.5) is 5.69 Å². The van der Waals surface area contributed by atoms with Crippen molar-refractivity contribution in [1.29, 1.82) is 0 Å². The number of benzene rings is 1. The van der Waals surface area contributed by atoms with Gasteiger partial charge in [-0.2, -0.15) is 4.31 Å². The van der Waals surface area contributed by atoms with Gasteiger partial charge in [0.2, 0.25) is 5.91 Å². The predicted molar refractivity (Wildman–Crippen MR) is 135 cm³/mol. The summed E-state index contributed by atoms with van der Waals surface area (Å²) in [7, 11) is -3.68. The lowest BCUT2D eigenvalue weighted by molar-refractivity contribution is -0.120. The molecule has 0 unspecified atom stereocenters. The van der Waals surface area contributed by atoms with Crippen molar-refractivity contribution in [2.24, 2.45) is 5.92 Å². The number of carbonyl (C=O) groups is 2. The summed E-state index contributed by atoms with van der Waals surface area (Å²) in [5.74, 6) is -0.374. The maximum Gasteiger partial charge on any atom is 0.254 e. The van der Waals surface area contributed by atoms with Gasteiger partial charge >= 0.3 is 0 Å². The molecule has 4 rings (SSSR count). The van der Waals surface area contributed by atoms with E-state index in [1.165, 1.54) is 10.4 Å². The molecular weight excluding hydrogens is 470 g/mol. The molecule has 1 N–H and O–H groups in total. The second kappa shape index (κ2) is 10.6. The van der Waals surface area contributed by atoms with Gasteiger partial charge in [0.25, 0.3) is 15.9 Å². The third kappa shape index (κ3) is 5.70. The molecule has 2 fully saturated rings. The van der Waals surface area contributed by atoms with Crippen molar-refractivity contribution in [3.63, 3.8) is 0 Å². The fraction of sp³-hybridized carbons (Fsp3) is 0.520. The molecule has 2 aliphatic rings. The first kappa shape index (κ1) is 24.9. The van der Waals surface area contributed by atoms with Gasteiger partial charge in [0.05, 0.1) is 5.56 Å². The van der Waals surface area contributed by atoms with Gasteiger partial charge in [-0.3, -0.25) is 9.59 Å². The van der Waals surface area contributed by atoms with Crippen LogP contribution in [0, 0.1) is 19.8 Å². The zero-order chi connectivity index (χ0) is 24.3. The highest BCUT2D eigenvalue weighted by atomic mass is 32.2. The number of aryl methyl sites for hydroxylation is 2. The normalized spacial score (nSPS) is 18.5. The van der Waals surface area contributed by atoms with E-state index >= 15 is 0 Å². The van der Waals surface area contributed by atoms with Crippen molar-refractivity contribution < 1.29 is 18.0 Å². The average Bonchev–Trinajstić information content (AvgIpc) is 3.15. The number of hydrogen-bond acceptors (Lipinski definition) is 5. The van der Waals surface area contributed by atoms with Crippen molar-refractivity contribution in [3.05, 3.63) is 46.3 Å². The molecule has 2 aromatic rings. The Kier molecular flexibility index (Phi) is 7.74. The largest absolute Gasteiger partial charge is 0.339 e. The van der Waals surface area contributed by atoms with E-state index in [1.807, 2.05) is 30.9 Å². The number of thiophene rings is 1. The molecule has 7 nitrogen and oxygen atoms in total. The molecule has 0 saturated carbocycles. The summed E-state index contributed by atoms with van der Waals surface area (Å²) in [5.41, 5.74) is 3.40. The Morgan fingerprint density at radius 1 is 0.912 bits per heavy atom. The predicted octanol–water partition coefficient (Wildman–Crippen LogP) is 4.42.